The molecule has 0 saturated heterocycles. The molecule has 0 bridgehead atoms. The number of unbranched alkanes of at least 4 members (excludes halogenated alkanes) is 14. The number of ether oxygens (including phenoxy) is 3. The molecule has 7 N–H and O–H groups in total. The summed E-state index contributed by atoms with van der Waals surface area (Å²) in [4.78, 5) is 83.9. The summed E-state index contributed by atoms with van der Waals surface area (Å²) in [5.74, 6) is -4.70. The molecule has 2 atom stereocenters. The normalized spacial score (nSPS) is 15.4. The van der Waals surface area contributed by atoms with Gasteiger partial charge in [0.05, 0.1) is 26.4 Å². The minimum Gasteiger partial charge on any atom is -0.481 e. The van der Waals surface area contributed by atoms with Gasteiger partial charge in [-0.05, 0) is 83.1 Å². The Morgan fingerprint density at radius 2 is 1.06 bits per heavy atom. The first kappa shape index (κ1) is 64.5. The summed E-state index contributed by atoms with van der Waals surface area (Å²) in [6.07, 6.45) is 25.9. The lowest BCUT2D eigenvalue weighted by Crippen LogP contribution is -2.44. The Morgan fingerprint density at radius 3 is 1.57 bits per heavy atom. The maximum Gasteiger partial charge on any atom is 0.326 e. The van der Waals surface area contributed by atoms with Crippen molar-refractivity contribution in [3.8, 4) is 0 Å². The van der Waals surface area contributed by atoms with Crippen molar-refractivity contribution in [1.82, 2.24) is 10.6 Å². The lowest BCUT2D eigenvalue weighted by molar-refractivity contribution is -0.143. The number of carboxylic acids is 3. The molecule has 0 aromatic heterocycles. The minimum atomic E-state index is -1.25. The van der Waals surface area contributed by atoms with Crippen LogP contribution in [0.15, 0.2) is 0 Å². The van der Waals surface area contributed by atoms with E-state index in [9.17, 15) is 38.7 Å². The minimum absolute atomic E-state index is 0.0364. The molecule has 2 unspecified atom stereocenters. The SMILES string of the molecule is CCCCC(=O)CCC1CCC(C(=O)NC(CCC(=O)CC(CCC(=O)O)C(=O)NCCCOCCOCCOCCCN)C(=O)O)CC1.CCCCCCCCCCCCCCCCC(=O)O. The number of Topliss-reactive ketones (excluding diaryl/α,β-unsaturated/α-hetero) is 2. The van der Waals surface area contributed by atoms with Crippen LogP contribution in [-0.2, 0) is 47.8 Å². The summed E-state index contributed by atoms with van der Waals surface area (Å²) in [5, 5.41) is 32.7. The van der Waals surface area contributed by atoms with E-state index in [1.807, 2.05) is 0 Å². The quantitative estimate of drug-likeness (QED) is 0.0311. The van der Waals surface area contributed by atoms with Gasteiger partial charge in [0.25, 0.3) is 0 Å². The number of nitrogens with two attached hydrogens (primary N) is 1. The number of rotatable bonds is 46. The van der Waals surface area contributed by atoms with Crippen molar-refractivity contribution in [2.75, 3.05) is 52.7 Å². The molecular formula is C52H95N3O13. The molecule has 0 spiro atoms. The number of hydrogen-bond acceptors (Lipinski definition) is 11. The van der Waals surface area contributed by atoms with Crippen LogP contribution in [0.2, 0.25) is 0 Å². The fraction of sp³-hybridized carbons (Fsp3) is 0.865. The van der Waals surface area contributed by atoms with E-state index in [0.717, 1.165) is 51.4 Å². The number of amides is 2. The predicted molar refractivity (Wildman–Crippen MR) is 264 cm³/mol. The van der Waals surface area contributed by atoms with E-state index in [1.54, 1.807) is 0 Å². The van der Waals surface area contributed by atoms with Crippen molar-refractivity contribution in [3.05, 3.63) is 0 Å². The summed E-state index contributed by atoms with van der Waals surface area (Å²) >= 11 is 0. The number of carboxylic acid groups (broad SMARTS) is 3. The first-order valence-corrected chi connectivity index (χ1v) is 26.5. The summed E-state index contributed by atoms with van der Waals surface area (Å²) in [6.45, 7) is 7.89. The molecule has 0 aromatic rings. The van der Waals surface area contributed by atoms with Gasteiger partial charge in [-0.15, -0.1) is 0 Å². The number of ketones is 2. The molecule has 1 rings (SSSR count). The summed E-state index contributed by atoms with van der Waals surface area (Å²) in [6, 6.07) is -1.25. The van der Waals surface area contributed by atoms with Crippen LogP contribution in [0, 0.1) is 17.8 Å². The number of hydrogen-bond donors (Lipinski definition) is 6. The Balaban J connectivity index is 0.00000197. The largest absolute Gasteiger partial charge is 0.481 e. The van der Waals surface area contributed by atoms with Crippen LogP contribution in [0.25, 0.3) is 0 Å². The highest BCUT2D eigenvalue weighted by Gasteiger charge is 2.30. The van der Waals surface area contributed by atoms with Crippen molar-refractivity contribution in [2.24, 2.45) is 23.5 Å². The third-order valence-corrected chi connectivity index (χ3v) is 12.5. The van der Waals surface area contributed by atoms with E-state index in [2.05, 4.69) is 24.5 Å². The molecule has 1 fully saturated rings. The number of carbonyl (C=O) groups is 7. The van der Waals surface area contributed by atoms with E-state index < -0.39 is 35.8 Å². The second-order valence-electron chi connectivity index (χ2n) is 18.6. The predicted octanol–water partition coefficient (Wildman–Crippen LogP) is 8.97. The molecule has 1 saturated carbocycles. The molecule has 0 heterocycles. The third kappa shape index (κ3) is 40.4. The van der Waals surface area contributed by atoms with E-state index >= 15 is 0 Å². The lowest BCUT2D eigenvalue weighted by atomic mass is 9.79. The van der Waals surface area contributed by atoms with Gasteiger partial charge in [-0.1, -0.05) is 104 Å². The third-order valence-electron chi connectivity index (χ3n) is 12.5. The smallest absolute Gasteiger partial charge is 0.326 e. The summed E-state index contributed by atoms with van der Waals surface area (Å²) < 4.78 is 16.2. The highest BCUT2D eigenvalue weighted by molar-refractivity contribution is 5.88. The molecule has 0 aliphatic heterocycles. The fourth-order valence-corrected chi connectivity index (χ4v) is 8.16. The van der Waals surface area contributed by atoms with Crippen molar-refractivity contribution in [1.29, 1.82) is 0 Å². The van der Waals surface area contributed by atoms with Crippen LogP contribution in [0.5, 0.6) is 0 Å². The Hall–Kier alpha value is -3.47. The average Bonchev–Trinajstić information content (AvgIpc) is 3.31. The molecule has 0 aromatic carbocycles. The zero-order chi connectivity index (χ0) is 50.5. The summed E-state index contributed by atoms with van der Waals surface area (Å²) in [7, 11) is 0. The Labute approximate surface area is 409 Å². The second kappa shape index (κ2) is 45.9. The van der Waals surface area contributed by atoms with Gasteiger partial charge >= 0.3 is 17.9 Å². The second-order valence-corrected chi connectivity index (χ2v) is 18.6. The van der Waals surface area contributed by atoms with Gasteiger partial charge in [-0.3, -0.25) is 28.8 Å². The molecule has 2 amide bonds. The Morgan fingerprint density at radius 1 is 0.544 bits per heavy atom. The van der Waals surface area contributed by atoms with Crippen LogP contribution in [-0.4, -0.2) is 115 Å². The van der Waals surface area contributed by atoms with Gasteiger partial charge in [0.15, 0.2) is 0 Å². The van der Waals surface area contributed by atoms with E-state index in [-0.39, 0.29) is 62.0 Å². The lowest BCUT2D eigenvalue weighted by Gasteiger charge is -2.28. The van der Waals surface area contributed by atoms with Gasteiger partial charge < -0.3 is 45.9 Å². The zero-order valence-electron chi connectivity index (χ0n) is 42.4. The molecule has 1 aliphatic rings. The van der Waals surface area contributed by atoms with Crippen LogP contribution in [0.1, 0.15) is 213 Å². The fourth-order valence-electron chi connectivity index (χ4n) is 8.16. The Bertz CT molecular complexity index is 1330. The van der Waals surface area contributed by atoms with Crippen LogP contribution >= 0.6 is 0 Å². The average molecular weight is 970 g/mol. The maximum atomic E-state index is 12.9. The standard InChI is InChI=1S/C35H61N3O11.C17H34O2/c1-2-3-6-29(39)13-9-26-7-10-27(11-8-26)34(44)38-31(35(45)46)15-14-30(40)25-28(12-16-32(41)42)33(43)37-18-5-20-48-22-24-49-23-21-47-19-4-17-36;1-2-3-4-5-6-7-8-9-10-11-12-13-14-15-16-17(18)19/h26-28,31H,2-25,36H2,1H3,(H,37,43)(H,38,44)(H,41,42)(H,45,46);2-16H2,1H3,(H,18,19). The number of nitrogens with one attached hydrogen (secondary N) is 2. The van der Waals surface area contributed by atoms with Crippen molar-refractivity contribution >= 4 is 41.3 Å². The van der Waals surface area contributed by atoms with Crippen molar-refractivity contribution in [2.45, 2.75) is 219 Å². The Kier molecular flexibility index (Phi) is 43.6. The van der Waals surface area contributed by atoms with Crippen LogP contribution < -0.4 is 16.4 Å². The number of carbonyl (C=O) groups excluding carboxylic acids is 4. The first-order valence-electron chi connectivity index (χ1n) is 26.5. The van der Waals surface area contributed by atoms with Gasteiger partial charge in [-0.2, -0.15) is 0 Å². The van der Waals surface area contributed by atoms with E-state index in [0.29, 0.717) is 90.6 Å². The monoisotopic (exact) mass is 970 g/mol. The van der Waals surface area contributed by atoms with Crippen LogP contribution in [0.4, 0.5) is 0 Å². The first-order chi connectivity index (χ1) is 32.8. The molecule has 1 aliphatic carbocycles. The molecule has 16 nitrogen and oxygen atoms in total. The van der Waals surface area contributed by atoms with Crippen LogP contribution in [0.3, 0.4) is 0 Å². The van der Waals surface area contributed by atoms with Gasteiger partial charge in [0, 0.05) is 70.1 Å². The van der Waals surface area contributed by atoms with Crippen molar-refractivity contribution < 1.29 is 63.1 Å². The highest BCUT2D eigenvalue weighted by atomic mass is 16.5. The summed E-state index contributed by atoms with van der Waals surface area (Å²) in [5.41, 5.74) is 5.39. The molecule has 396 valence electrons. The van der Waals surface area contributed by atoms with E-state index in [1.165, 1.54) is 77.0 Å². The number of aliphatic carboxylic acids is 3. The van der Waals surface area contributed by atoms with Crippen molar-refractivity contribution in [3.63, 3.8) is 0 Å². The molecule has 0 radical (unpaired) electrons. The molecule has 16 heteroatoms. The van der Waals surface area contributed by atoms with Gasteiger partial charge in [0.1, 0.15) is 17.6 Å². The van der Waals surface area contributed by atoms with E-state index in [4.69, 9.17) is 30.2 Å². The topological polar surface area (TPSA) is 258 Å². The maximum absolute atomic E-state index is 12.9. The van der Waals surface area contributed by atoms with Gasteiger partial charge in [-0.25, -0.2) is 4.79 Å². The molecule has 68 heavy (non-hydrogen) atoms. The zero-order valence-corrected chi connectivity index (χ0v) is 42.4. The van der Waals surface area contributed by atoms with Gasteiger partial charge in [0.2, 0.25) is 11.8 Å². The molecular weight excluding hydrogens is 875 g/mol. The highest BCUT2D eigenvalue weighted by Crippen LogP contribution is 2.32.